The van der Waals surface area contributed by atoms with Crippen molar-refractivity contribution in [2.24, 2.45) is 0 Å². The van der Waals surface area contributed by atoms with Gasteiger partial charge in [-0.1, -0.05) is 13.3 Å². The summed E-state index contributed by atoms with van der Waals surface area (Å²) in [6.07, 6.45) is 2.73. The Bertz CT molecular complexity index is 135. The fourth-order valence-electron chi connectivity index (χ4n) is 1.29. The van der Waals surface area contributed by atoms with Gasteiger partial charge in [0, 0.05) is 26.4 Å². The molecular weight excluding hydrogens is 248 g/mol. The zero-order valence-electron chi connectivity index (χ0n) is 12.9. The van der Waals surface area contributed by atoms with Crippen molar-refractivity contribution < 1.29 is 24.4 Å². The molecule has 0 aromatic heterocycles. The largest absolute Gasteiger partial charge is 0.381 e. The highest BCUT2D eigenvalue weighted by Crippen LogP contribution is 1.98. The van der Waals surface area contributed by atoms with Crippen LogP contribution in [0.1, 0.15) is 53.4 Å². The molecule has 1 aliphatic heterocycles. The van der Waals surface area contributed by atoms with Gasteiger partial charge in [0.1, 0.15) is 0 Å². The van der Waals surface area contributed by atoms with Gasteiger partial charge < -0.3 is 24.4 Å². The molecule has 0 amide bonds. The van der Waals surface area contributed by atoms with Crippen molar-refractivity contribution in [3.63, 3.8) is 0 Å². The van der Waals surface area contributed by atoms with E-state index in [-0.39, 0.29) is 6.29 Å². The first kappa shape index (κ1) is 21.1. The summed E-state index contributed by atoms with van der Waals surface area (Å²) in [5.41, 5.74) is 0. The van der Waals surface area contributed by atoms with Gasteiger partial charge in [-0.3, -0.25) is 0 Å². The molecule has 0 spiro atoms. The highest BCUT2D eigenvalue weighted by atomic mass is 16.7. The highest BCUT2D eigenvalue weighted by Gasteiger charge is 1.95. The maximum atomic E-state index is 8.11. The minimum Gasteiger partial charge on any atom is -0.381 e. The van der Waals surface area contributed by atoms with Crippen molar-refractivity contribution >= 4 is 0 Å². The molecule has 118 valence electrons. The van der Waals surface area contributed by atoms with E-state index >= 15 is 0 Å². The molecule has 0 radical (unpaired) electrons. The standard InChI is InChI=1S/C6H14O2.C4H10O2.C4H8O/c1-4-7-6(3)8-5-2;1-2-3-4(5)6;1-2-4-5-3-1/h6H,4-5H2,1-3H3;4-6H,2-3H2,1H3;1-4H2. The molecule has 1 saturated heterocycles. The second-order valence-corrected chi connectivity index (χ2v) is 4.07. The van der Waals surface area contributed by atoms with E-state index in [4.69, 9.17) is 24.4 Å². The van der Waals surface area contributed by atoms with Gasteiger partial charge in [-0.05, 0) is 40.0 Å². The van der Waals surface area contributed by atoms with E-state index < -0.39 is 6.29 Å². The van der Waals surface area contributed by atoms with E-state index in [1.165, 1.54) is 12.8 Å². The molecule has 1 rings (SSSR count). The number of hydrogen-bond donors (Lipinski definition) is 2. The molecule has 0 aromatic carbocycles. The van der Waals surface area contributed by atoms with E-state index in [9.17, 15) is 0 Å². The minimum absolute atomic E-state index is 0.0370. The molecule has 0 unspecified atom stereocenters. The molecule has 0 aliphatic carbocycles. The third-order valence-electron chi connectivity index (χ3n) is 2.18. The lowest BCUT2D eigenvalue weighted by Gasteiger charge is -2.09. The van der Waals surface area contributed by atoms with E-state index in [2.05, 4.69) is 0 Å². The van der Waals surface area contributed by atoms with Gasteiger partial charge in [-0.2, -0.15) is 0 Å². The highest BCUT2D eigenvalue weighted by molar-refractivity contribution is 4.43. The van der Waals surface area contributed by atoms with Crippen LogP contribution in [0.3, 0.4) is 0 Å². The second-order valence-electron chi connectivity index (χ2n) is 4.07. The lowest BCUT2D eigenvalue weighted by molar-refractivity contribution is -0.123. The van der Waals surface area contributed by atoms with Crippen LogP contribution in [0.5, 0.6) is 0 Å². The summed E-state index contributed by atoms with van der Waals surface area (Å²) >= 11 is 0. The first-order chi connectivity index (χ1) is 9.08. The van der Waals surface area contributed by atoms with Crippen LogP contribution in [0, 0.1) is 0 Å². The smallest absolute Gasteiger partial charge is 0.154 e. The molecule has 2 N–H and O–H groups in total. The first-order valence-electron chi connectivity index (χ1n) is 7.25. The molecule has 19 heavy (non-hydrogen) atoms. The molecule has 5 nitrogen and oxygen atoms in total. The Balaban J connectivity index is 0. The van der Waals surface area contributed by atoms with Gasteiger partial charge in [-0.15, -0.1) is 0 Å². The van der Waals surface area contributed by atoms with Crippen LogP contribution in [-0.2, 0) is 14.2 Å². The Labute approximate surface area is 117 Å². The topological polar surface area (TPSA) is 68.2 Å². The predicted molar refractivity (Wildman–Crippen MR) is 75.9 cm³/mol. The van der Waals surface area contributed by atoms with E-state index in [1.54, 1.807) is 0 Å². The third kappa shape index (κ3) is 23.3. The molecule has 1 fully saturated rings. The number of hydrogen-bond acceptors (Lipinski definition) is 5. The predicted octanol–water partition coefficient (Wildman–Crippen LogP) is 2.30. The first-order valence-corrected chi connectivity index (χ1v) is 7.25. The van der Waals surface area contributed by atoms with Crippen molar-refractivity contribution in [3.8, 4) is 0 Å². The molecule has 1 aliphatic rings. The van der Waals surface area contributed by atoms with Crippen LogP contribution >= 0.6 is 0 Å². The molecule has 5 heteroatoms. The summed E-state index contributed by atoms with van der Waals surface area (Å²) in [7, 11) is 0. The summed E-state index contributed by atoms with van der Waals surface area (Å²) in [5.74, 6) is 0. The number of aliphatic hydroxyl groups excluding tert-OH is 1. The van der Waals surface area contributed by atoms with E-state index in [0.29, 0.717) is 6.42 Å². The normalized spacial score (nSPS) is 13.9. The van der Waals surface area contributed by atoms with Crippen molar-refractivity contribution in [2.75, 3.05) is 26.4 Å². The van der Waals surface area contributed by atoms with Crippen LogP contribution in [0.4, 0.5) is 0 Å². The van der Waals surface area contributed by atoms with Crippen molar-refractivity contribution in [1.82, 2.24) is 0 Å². The Morgan fingerprint density at radius 3 is 1.63 bits per heavy atom. The van der Waals surface area contributed by atoms with Crippen LogP contribution < -0.4 is 0 Å². The summed E-state index contributed by atoms with van der Waals surface area (Å²) in [4.78, 5) is 0. The zero-order chi connectivity index (χ0) is 14.9. The van der Waals surface area contributed by atoms with Crippen molar-refractivity contribution in [3.05, 3.63) is 0 Å². The molecule has 1 heterocycles. The maximum absolute atomic E-state index is 8.11. The summed E-state index contributed by atoms with van der Waals surface area (Å²) in [6.45, 7) is 11.2. The van der Waals surface area contributed by atoms with Gasteiger partial charge in [-0.25, -0.2) is 0 Å². The quantitative estimate of drug-likeness (QED) is 0.731. The fourth-order valence-corrected chi connectivity index (χ4v) is 1.29. The van der Waals surface area contributed by atoms with Crippen molar-refractivity contribution in [1.29, 1.82) is 0 Å². The zero-order valence-corrected chi connectivity index (χ0v) is 12.9. The fraction of sp³-hybridized carbons (Fsp3) is 1.00. The van der Waals surface area contributed by atoms with Gasteiger partial charge in [0.15, 0.2) is 12.6 Å². The summed E-state index contributed by atoms with van der Waals surface area (Å²) in [6, 6.07) is 0. The number of rotatable bonds is 6. The molecular formula is C14H32O5. The number of aliphatic hydroxyl groups is 2. The average Bonchev–Trinajstić information content (AvgIpc) is 2.88. The maximum Gasteiger partial charge on any atom is 0.154 e. The van der Waals surface area contributed by atoms with Crippen molar-refractivity contribution in [2.45, 2.75) is 66.0 Å². The van der Waals surface area contributed by atoms with Gasteiger partial charge in [0.2, 0.25) is 0 Å². The van der Waals surface area contributed by atoms with E-state index in [0.717, 1.165) is 32.8 Å². The van der Waals surface area contributed by atoms with Gasteiger partial charge in [0.25, 0.3) is 0 Å². The molecule has 0 saturated carbocycles. The van der Waals surface area contributed by atoms with E-state index in [1.807, 2.05) is 27.7 Å². The average molecular weight is 280 g/mol. The lowest BCUT2D eigenvalue weighted by Crippen LogP contribution is -2.11. The summed E-state index contributed by atoms with van der Waals surface area (Å²) < 4.78 is 15.1. The molecule has 0 aromatic rings. The Morgan fingerprint density at radius 2 is 1.47 bits per heavy atom. The molecule has 0 atom stereocenters. The van der Waals surface area contributed by atoms with Gasteiger partial charge in [0.05, 0.1) is 0 Å². The molecule has 0 bridgehead atoms. The van der Waals surface area contributed by atoms with Gasteiger partial charge >= 0.3 is 0 Å². The monoisotopic (exact) mass is 280 g/mol. The van der Waals surface area contributed by atoms with Crippen LogP contribution in [0.2, 0.25) is 0 Å². The SMILES string of the molecule is C1CCOC1.CCCC(O)O.CCOC(C)OCC. The lowest BCUT2D eigenvalue weighted by atomic mass is 10.3. The minimum atomic E-state index is -1.10. The second kappa shape index (κ2) is 17.8. The van der Waals surface area contributed by atoms with Crippen LogP contribution in [0.25, 0.3) is 0 Å². The third-order valence-corrected chi connectivity index (χ3v) is 2.18. The Kier molecular flexibility index (Phi) is 19.8. The number of ether oxygens (including phenoxy) is 3. The van der Waals surface area contributed by atoms with Crippen LogP contribution in [0.15, 0.2) is 0 Å². The Morgan fingerprint density at radius 1 is 1.00 bits per heavy atom. The summed E-state index contributed by atoms with van der Waals surface area (Å²) in [5, 5.41) is 16.2. The Hall–Kier alpha value is -0.200. The van der Waals surface area contributed by atoms with Crippen LogP contribution in [-0.4, -0.2) is 49.2 Å².